The Morgan fingerprint density at radius 1 is 1.41 bits per heavy atom. The molecule has 1 aliphatic carbocycles. The number of aliphatic hydroxyl groups is 1. The van der Waals surface area contributed by atoms with Crippen molar-refractivity contribution in [2.75, 3.05) is 12.3 Å². The van der Waals surface area contributed by atoms with Gasteiger partial charge in [-0.25, -0.2) is 4.98 Å². The summed E-state index contributed by atoms with van der Waals surface area (Å²) in [6.07, 6.45) is 5.30. The van der Waals surface area contributed by atoms with Crippen LogP contribution in [0.5, 0.6) is 0 Å². The van der Waals surface area contributed by atoms with Crippen LogP contribution in [-0.4, -0.2) is 21.3 Å². The van der Waals surface area contributed by atoms with E-state index in [1.807, 2.05) is 24.5 Å². The first-order valence-corrected chi connectivity index (χ1v) is 6.12. The first kappa shape index (κ1) is 10.6. The summed E-state index contributed by atoms with van der Waals surface area (Å²) < 4.78 is 2.20. The van der Waals surface area contributed by atoms with E-state index in [0.29, 0.717) is 12.0 Å². The minimum absolute atomic E-state index is 0.263. The number of nitrogens with two attached hydrogens (primary N) is 1. The second-order valence-corrected chi connectivity index (χ2v) is 4.84. The van der Waals surface area contributed by atoms with Gasteiger partial charge in [0.05, 0.1) is 17.4 Å². The number of hydrogen-bond acceptors (Lipinski definition) is 3. The number of aromatic nitrogens is 2. The van der Waals surface area contributed by atoms with E-state index in [1.54, 1.807) is 0 Å². The number of fused-ring (bicyclic) bond motifs is 1. The number of anilines is 1. The summed E-state index contributed by atoms with van der Waals surface area (Å²) in [5.41, 5.74) is 8.55. The normalized spacial score (nSPS) is 24.5. The van der Waals surface area contributed by atoms with Gasteiger partial charge in [-0.1, -0.05) is 6.42 Å². The molecule has 0 spiro atoms. The zero-order chi connectivity index (χ0) is 11.8. The van der Waals surface area contributed by atoms with E-state index in [1.165, 1.54) is 6.42 Å². The fourth-order valence-electron chi connectivity index (χ4n) is 2.91. The number of imidazole rings is 1. The Balaban J connectivity index is 2.05. The lowest BCUT2D eigenvalue weighted by atomic mass is 10.0. The SMILES string of the molecule is Nc1ccc2c(c1)ncn2C1CCCC1CO. The van der Waals surface area contributed by atoms with Gasteiger partial charge >= 0.3 is 0 Å². The predicted molar refractivity (Wildman–Crippen MR) is 67.6 cm³/mol. The van der Waals surface area contributed by atoms with E-state index in [4.69, 9.17) is 5.73 Å². The average molecular weight is 231 g/mol. The molecule has 1 aromatic carbocycles. The van der Waals surface area contributed by atoms with E-state index >= 15 is 0 Å². The summed E-state index contributed by atoms with van der Waals surface area (Å²) in [6.45, 7) is 0.263. The number of aliphatic hydroxyl groups excluding tert-OH is 1. The van der Waals surface area contributed by atoms with Crippen LogP contribution in [0.25, 0.3) is 11.0 Å². The zero-order valence-electron chi connectivity index (χ0n) is 9.71. The van der Waals surface area contributed by atoms with Crippen LogP contribution in [0.3, 0.4) is 0 Å². The molecule has 1 saturated carbocycles. The third kappa shape index (κ3) is 1.69. The largest absolute Gasteiger partial charge is 0.399 e. The van der Waals surface area contributed by atoms with Gasteiger partial charge in [-0.05, 0) is 31.0 Å². The Morgan fingerprint density at radius 2 is 2.29 bits per heavy atom. The third-order valence-corrected chi connectivity index (χ3v) is 3.81. The highest BCUT2D eigenvalue weighted by Crippen LogP contribution is 2.37. The van der Waals surface area contributed by atoms with E-state index in [-0.39, 0.29) is 6.61 Å². The second kappa shape index (κ2) is 4.04. The fourth-order valence-corrected chi connectivity index (χ4v) is 2.91. The van der Waals surface area contributed by atoms with Gasteiger partial charge < -0.3 is 15.4 Å². The van der Waals surface area contributed by atoms with Gasteiger partial charge in [-0.3, -0.25) is 0 Å². The zero-order valence-corrected chi connectivity index (χ0v) is 9.71. The highest BCUT2D eigenvalue weighted by atomic mass is 16.3. The maximum Gasteiger partial charge on any atom is 0.0961 e. The minimum Gasteiger partial charge on any atom is -0.399 e. The predicted octanol–water partition coefficient (Wildman–Crippen LogP) is 1.95. The average Bonchev–Trinajstić information content (AvgIpc) is 2.92. The minimum atomic E-state index is 0.263. The standard InChI is InChI=1S/C13H17N3O/c14-10-4-5-13-11(6-10)15-8-16(13)12-3-1-2-9(12)7-17/h4-6,8-9,12,17H,1-3,7,14H2. The van der Waals surface area contributed by atoms with Gasteiger partial charge in [-0.15, -0.1) is 0 Å². The molecule has 2 atom stereocenters. The molecule has 3 N–H and O–H groups in total. The number of benzene rings is 1. The van der Waals surface area contributed by atoms with Gasteiger partial charge in [0, 0.05) is 24.3 Å². The highest BCUT2D eigenvalue weighted by Gasteiger charge is 2.28. The molecule has 1 aliphatic rings. The molecule has 2 unspecified atom stereocenters. The van der Waals surface area contributed by atoms with Crippen LogP contribution >= 0.6 is 0 Å². The van der Waals surface area contributed by atoms with Gasteiger partial charge in [0.15, 0.2) is 0 Å². The third-order valence-electron chi connectivity index (χ3n) is 3.81. The van der Waals surface area contributed by atoms with Crippen molar-refractivity contribution < 1.29 is 5.11 Å². The van der Waals surface area contributed by atoms with Crippen LogP contribution in [0.15, 0.2) is 24.5 Å². The molecule has 90 valence electrons. The van der Waals surface area contributed by atoms with Crippen LogP contribution in [0.4, 0.5) is 5.69 Å². The van der Waals surface area contributed by atoms with Crippen LogP contribution in [0.1, 0.15) is 25.3 Å². The Labute approximate surface area is 100 Å². The highest BCUT2D eigenvalue weighted by molar-refractivity contribution is 5.79. The molecule has 0 radical (unpaired) electrons. The van der Waals surface area contributed by atoms with Crippen molar-refractivity contribution in [2.45, 2.75) is 25.3 Å². The maximum atomic E-state index is 9.40. The monoisotopic (exact) mass is 231 g/mol. The molecule has 0 aliphatic heterocycles. The Kier molecular flexibility index (Phi) is 2.52. The number of rotatable bonds is 2. The van der Waals surface area contributed by atoms with Crippen molar-refractivity contribution in [3.05, 3.63) is 24.5 Å². The molecule has 0 amide bonds. The van der Waals surface area contributed by atoms with Crippen molar-refractivity contribution in [3.8, 4) is 0 Å². The molecule has 1 heterocycles. The van der Waals surface area contributed by atoms with Crippen molar-refractivity contribution in [1.29, 1.82) is 0 Å². The van der Waals surface area contributed by atoms with Crippen molar-refractivity contribution in [3.63, 3.8) is 0 Å². The summed E-state index contributed by atoms with van der Waals surface area (Å²) in [5, 5.41) is 9.40. The molecule has 2 aromatic rings. The van der Waals surface area contributed by atoms with Gasteiger partial charge in [0.2, 0.25) is 0 Å². The number of nitrogen functional groups attached to an aromatic ring is 1. The quantitative estimate of drug-likeness (QED) is 0.776. The van der Waals surface area contributed by atoms with Crippen molar-refractivity contribution >= 4 is 16.7 Å². The smallest absolute Gasteiger partial charge is 0.0961 e. The molecule has 17 heavy (non-hydrogen) atoms. The number of hydrogen-bond donors (Lipinski definition) is 2. The van der Waals surface area contributed by atoms with E-state index in [2.05, 4.69) is 9.55 Å². The summed E-state index contributed by atoms with van der Waals surface area (Å²) in [7, 11) is 0. The van der Waals surface area contributed by atoms with Crippen molar-refractivity contribution in [1.82, 2.24) is 9.55 Å². The molecular formula is C13H17N3O. The lowest BCUT2D eigenvalue weighted by Gasteiger charge is -2.19. The molecule has 1 aromatic heterocycles. The molecular weight excluding hydrogens is 214 g/mol. The Bertz CT molecular complexity index is 534. The molecule has 4 heteroatoms. The summed E-state index contributed by atoms with van der Waals surface area (Å²) in [6, 6.07) is 6.20. The lowest BCUT2D eigenvalue weighted by molar-refractivity contribution is 0.197. The first-order valence-electron chi connectivity index (χ1n) is 6.12. The summed E-state index contributed by atoms with van der Waals surface area (Å²) >= 11 is 0. The van der Waals surface area contributed by atoms with Gasteiger partial charge in [-0.2, -0.15) is 0 Å². The Morgan fingerprint density at radius 3 is 3.12 bits per heavy atom. The fraction of sp³-hybridized carbons (Fsp3) is 0.462. The van der Waals surface area contributed by atoms with E-state index in [0.717, 1.165) is 29.6 Å². The molecule has 0 bridgehead atoms. The maximum absolute atomic E-state index is 9.40. The van der Waals surface area contributed by atoms with Crippen LogP contribution in [-0.2, 0) is 0 Å². The first-order chi connectivity index (χ1) is 8.29. The Hall–Kier alpha value is -1.55. The molecule has 3 rings (SSSR count). The van der Waals surface area contributed by atoms with Crippen LogP contribution in [0.2, 0.25) is 0 Å². The van der Waals surface area contributed by atoms with E-state index < -0.39 is 0 Å². The molecule has 0 saturated heterocycles. The van der Waals surface area contributed by atoms with Gasteiger partial charge in [0.1, 0.15) is 0 Å². The van der Waals surface area contributed by atoms with Crippen molar-refractivity contribution in [2.24, 2.45) is 5.92 Å². The summed E-state index contributed by atoms with van der Waals surface area (Å²) in [4.78, 5) is 4.39. The lowest BCUT2D eigenvalue weighted by Crippen LogP contribution is -2.16. The van der Waals surface area contributed by atoms with Crippen LogP contribution in [0, 0.1) is 5.92 Å². The second-order valence-electron chi connectivity index (χ2n) is 4.84. The van der Waals surface area contributed by atoms with Crippen LogP contribution < -0.4 is 5.73 Å². The summed E-state index contributed by atoms with van der Waals surface area (Å²) in [5.74, 6) is 0.366. The molecule has 4 nitrogen and oxygen atoms in total. The molecule has 1 fully saturated rings. The van der Waals surface area contributed by atoms with Gasteiger partial charge in [0.25, 0.3) is 0 Å². The topological polar surface area (TPSA) is 64.1 Å². The number of nitrogens with zero attached hydrogens (tertiary/aromatic N) is 2. The van der Waals surface area contributed by atoms with E-state index in [9.17, 15) is 5.11 Å².